The Morgan fingerprint density at radius 3 is 2.65 bits per heavy atom. The van der Waals surface area contributed by atoms with Crippen molar-refractivity contribution in [2.45, 2.75) is 4.90 Å². The van der Waals surface area contributed by atoms with E-state index in [0.29, 0.717) is 5.75 Å². The summed E-state index contributed by atoms with van der Waals surface area (Å²) in [6.07, 6.45) is 1.95. The quantitative estimate of drug-likeness (QED) is 0.830. The van der Waals surface area contributed by atoms with Crippen LogP contribution >= 0.6 is 11.8 Å². The van der Waals surface area contributed by atoms with Crippen molar-refractivity contribution in [2.24, 2.45) is 0 Å². The van der Waals surface area contributed by atoms with Gasteiger partial charge in [0, 0.05) is 4.90 Å². The van der Waals surface area contributed by atoms with Gasteiger partial charge in [-0.2, -0.15) is 0 Å². The minimum atomic E-state index is -0.269. The first-order chi connectivity index (χ1) is 9.70. The average molecular weight is 289 g/mol. The molecule has 0 aliphatic carbocycles. The molecule has 5 heteroatoms. The van der Waals surface area contributed by atoms with Crippen LogP contribution in [0, 0.1) is 0 Å². The van der Waals surface area contributed by atoms with E-state index < -0.39 is 0 Å². The second-order valence-corrected chi connectivity index (χ2v) is 4.85. The third-order valence-electron chi connectivity index (χ3n) is 2.61. The average Bonchev–Trinajstić information content (AvgIpc) is 2.47. The summed E-state index contributed by atoms with van der Waals surface area (Å²) in [7, 11) is 0. The predicted octanol–water partition coefficient (Wildman–Crippen LogP) is 3.13. The highest BCUT2D eigenvalue weighted by molar-refractivity contribution is 7.98. The van der Waals surface area contributed by atoms with Crippen LogP contribution in [0.5, 0.6) is 11.5 Å². The fourth-order valence-electron chi connectivity index (χ4n) is 1.66. The zero-order chi connectivity index (χ0) is 14.4. The highest BCUT2D eigenvalue weighted by Gasteiger charge is 2.08. The predicted molar refractivity (Wildman–Crippen MR) is 80.5 cm³/mol. The van der Waals surface area contributed by atoms with Crippen LogP contribution in [0.15, 0.2) is 53.4 Å². The number of aromatic hydroxyl groups is 1. The molecule has 0 heterocycles. The number of amides is 1. The second-order valence-electron chi connectivity index (χ2n) is 4.00. The maximum Gasteiger partial charge on any atom is 0.262 e. The maximum atomic E-state index is 11.8. The van der Waals surface area contributed by atoms with E-state index in [4.69, 9.17) is 4.74 Å². The number of thioether (sulfide) groups is 1. The van der Waals surface area contributed by atoms with Crippen LogP contribution in [-0.2, 0) is 4.79 Å². The zero-order valence-corrected chi connectivity index (χ0v) is 11.8. The molecule has 2 rings (SSSR count). The molecule has 0 unspecified atom stereocenters. The maximum absolute atomic E-state index is 11.8. The standard InChI is InChI=1S/C15H15NO3S/c1-20-14-9-5-2-6-11(14)16-15(18)10-19-13-8-4-3-7-12(13)17/h2-9,17H,10H2,1H3,(H,16,18). The number of phenolic OH excluding ortho intramolecular Hbond substituents is 1. The van der Waals surface area contributed by atoms with E-state index in [1.807, 2.05) is 30.5 Å². The number of hydrogen-bond acceptors (Lipinski definition) is 4. The Morgan fingerprint density at radius 1 is 1.20 bits per heavy atom. The van der Waals surface area contributed by atoms with Gasteiger partial charge in [0.2, 0.25) is 0 Å². The van der Waals surface area contributed by atoms with Crippen LogP contribution in [0.1, 0.15) is 0 Å². The van der Waals surface area contributed by atoms with E-state index in [2.05, 4.69) is 5.32 Å². The molecule has 4 nitrogen and oxygen atoms in total. The molecule has 0 aliphatic rings. The summed E-state index contributed by atoms with van der Waals surface area (Å²) in [5.74, 6) is 0.0420. The normalized spacial score (nSPS) is 10.1. The number of benzene rings is 2. The molecule has 0 saturated heterocycles. The van der Waals surface area contributed by atoms with E-state index in [1.54, 1.807) is 30.0 Å². The molecule has 0 aliphatic heterocycles. The van der Waals surface area contributed by atoms with Crippen LogP contribution in [0.3, 0.4) is 0 Å². The highest BCUT2D eigenvalue weighted by Crippen LogP contribution is 2.26. The van der Waals surface area contributed by atoms with Gasteiger partial charge in [-0.1, -0.05) is 24.3 Å². The van der Waals surface area contributed by atoms with Crippen molar-refractivity contribution in [3.8, 4) is 11.5 Å². The number of carbonyl (C=O) groups excluding carboxylic acids is 1. The van der Waals surface area contributed by atoms with Crippen molar-refractivity contribution in [2.75, 3.05) is 18.2 Å². The summed E-state index contributed by atoms with van der Waals surface area (Å²) in [5.41, 5.74) is 0.755. The number of anilines is 1. The Balaban J connectivity index is 1.95. The van der Waals surface area contributed by atoms with Crippen LogP contribution in [0.25, 0.3) is 0 Å². The molecule has 104 valence electrons. The SMILES string of the molecule is CSc1ccccc1NC(=O)COc1ccccc1O. The molecule has 0 fully saturated rings. The summed E-state index contributed by atoms with van der Waals surface area (Å²) in [5, 5.41) is 12.3. The van der Waals surface area contributed by atoms with Gasteiger partial charge in [-0.25, -0.2) is 0 Å². The summed E-state index contributed by atoms with van der Waals surface area (Å²) >= 11 is 1.56. The summed E-state index contributed by atoms with van der Waals surface area (Å²) in [4.78, 5) is 12.8. The van der Waals surface area contributed by atoms with Gasteiger partial charge in [-0.15, -0.1) is 11.8 Å². The minimum Gasteiger partial charge on any atom is -0.504 e. The first-order valence-electron chi connectivity index (χ1n) is 6.04. The Kier molecular flexibility index (Phi) is 4.90. The van der Waals surface area contributed by atoms with Gasteiger partial charge in [-0.3, -0.25) is 4.79 Å². The molecular weight excluding hydrogens is 274 g/mol. The third-order valence-corrected chi connectivity index (χ3v) is 3.40. The van der Waals surface area contributed by atoms with E-state index in [9.17, 15) is 9.90 Å². The fourth-order valence-corrected chi connectivity index (χ4v) is 2.21. The van der Waals surface area contributed by atoms with Crippen molar-refractivity contribution in [3.63, 3.8) is 0 Å². The lowest BCUT2D eigenvalue weighted by molar-refractivity contribution is -0.118. The van der Waals surface area contributed by atoms with Gasteiger partial charge < -0.3 is 15.2 Å². The molecule has 20 heavy (non-hydrogen) atoms. The zero-order valence-electron chi connectivity index (χ0n) is 11.0. The van der Waals surface area contributed by atoms with Gasteiger partial charge in [0.1, 0.15) is 0 Å². The van der Waals surface area contributed by atoms with Crippen molar-refractivity contribution in [3.05, 3.63) is 48.5 Å². The Bertz CT molecular complexity index is 601. The number of phenols is 1. The molecule has 0 atom stereocenters. The van der Waals surface area contributed by atoms with Crippen LogP contribution in [0.2, 0.25) is 0 Å². The summed E-state index contributed by atoms with van der Waals surface area (Å²) in [6.45, 7) is -0.152. The minimum absolute atomic E-state index is 0.0183. The largest absolute Gasteiger partial charge is 0.504 e. The topological polar surface area (TPSA) is 58.6 Å². The van der Waals surface area contributed by atoms with Crippen LogP contribution < -0.4 is 10.1 Å². The molecule has 0 aromatic heterocycles. The number of carbonyl (C=O) groups is 1. The van der Waals surface area contributed by atoms with Crippen LogP contribution in [-0.4, -0.2) is 23.9 Å². The number of hydrogen-bond donors (Lipinski definition) is 2. The Morgan fingerprint density at radius 2 is 1.90 bits per heavy atom. The van der Waals surface area contributed by atoms with Gasteiger partial charge >= 0.3 is 0 Å². The first kappa shape index (κ1) is 14.3. The highest BCUT2D eigenvalue weighted by atomic mass is 32.2. The number of nitrogens with one attached hydrogen (secondary N) is 1. The first-order valence-corrected chi connectivity index (χ1v) is 7.27. The third kappa shape index (κ3) is 3.68. The van der Waals surface area contributed by atoms with E-state index >= 15 is 0 Å². The lowest BCUT2D eigenvalue weighted by Gasteiger charge is -2.10. The monoisotopic (exact) mass is 289 g/mol. The van der Waals surface area contributed by atoms with Crippen LogP contribution in [0.4, 0.5) is 5.69 Å². The molecule has 2 aromatic carbocycles. The van der Waals surface area contributed by atoms with Gasteiger partial charge in [0.15, 0.2) is 18.1 Å². The number of para-hydroxylation sites is 3. The smallest absolute Gasteiger partial charge is 0.262 e. The van der Waals surface area contributed by atoms with E-state index in [-0.39, 0.29) is 18.3 Å². The molecule has 0 radical (unpaired) electrons. The van der Waals surface area contributed by atoms with Crippen molar-refractivity contribution in [1.82, 2.24) is 0 Å². The second kappa shape index (κ2) is 6.86. The van der Waals surface area contributed by atoms with Crippen molar-refractivity contribution in [1.29, 1.82) is 0 Å². The Hall–Kier alpha value is -2.14. The number of ether oxygens (including phenoxy) is 1. The van der Waals surface area contributed by atoms with Gasteiger partial charge in [0.05, 0.1) is 5.69 Å². The van der Waals surface area contributed by atoms with Gasteiger partial charge in [0.25, 0.3) is 5.91 Å². The molecule has 0 bridgehead atoms. The van der Waals surface area contributed by atoms with E-state index in [1.165, 1.54) is 6.07 Å². The molecular formula is C15H15NO3S. The summed E-state index contributed by atoms with van der Waals surface area (Å²) in [6, 6.07) is 14.1. The number of rotatable bonds is 5. The van der Waals surface area contributed by atoms with Gasteiger partial charge in [-0.05, 0) is 30.5 Å². The van der Waals surface area contributed by atoms with Crippen molar-refractivity contribution >= 4 is 23.4 Å². The molecule has 0 spiro atoms. The molecule has 2 N–H and O–H groups in total. The summed E-state index contributed by atoms with van der Waals surface area (Å²) < 4.78 is 5.28. The lowest BCUT2D eigenvalue weighted by Crippen LogP contribution is -2.20. The fraction of sp³-hybridized carbons (Fsp3) is 0.133. The molecule has 2 aromatic rings. The molecule has 0 saturated carbocycles. The molecule has 1 amide bonds. The van der Waals surface area contributed by atoms with Crippen molar-refractivity contribution < 1.29 is 14.6 Å². The van der Waals surface area contributed by atoms with E-state index in [0.717, 1.165) is 10.6 Å². The lowest BCUT2D eigenvalue weighted by atomic mass is 10.3. The Labute approximate surface area is 121 Å².